The van der Waals surface area contributed by atoms with Gasteiger partial charge in [0.2, 0.25) is 5.91 Å². The van der Waals surface area contributed by atoms with Crippen LogP contribution in [0.25, 0.3) is 17.4 Å². The van der Waals surface area contributed by atoms with Gasteiger partial charge in [-0.2, -0.15) is 0 Å². The summed E-state index contributed by atoms with van der Waals surface area (Å²) in [5.41, 5.74) is 0.511. The van der Waals surface area contributed by atoms with Crippen LogP contribution in [0.4, 0.5) is 16.2 Å². The van der Waals surface area contributed by atoms with Crippen molar-refractivity contribution >= 4 is 69.5 Å². The van der Waals surface area contributed by atoms with Gasteiger partial charge in [0.25, 0.3) is 16.8 Å². The number of methoxy groups -OCH3 is 1. The number of benzene rings is 2. The summed E-state index contributed by atoms with van der Waals surface area (Å²) in [5, 5.41) is 13.4. The SMILES string of the molecule is COc1ccc(NC(=O)CN2C(=O)S/C(=C/c3ccc(-c4ccc(Cl)c([N+](=O)[O-])c4)o3)C2=O)cc1Cl. The Kier molecular flexibility index (Phi) is 7.34. The van der Waals surface area contributed by atoms with Crippen molar-refractivity contribution in [3.63, 3.8) is 0 Å². The number of rotatable bonds is 7. The van der Waals surface area contributed by atoms with Gasteiger partial charge in [-0.05, 0) is 54.2 Å². The first-order chi connectivity index (χ1) is 17.2. The lowest BCUT2D eigenvalue weighted by Crippen LogP contribution is -2.36. The molecule has 0 spiro atoms. The molecule has 13 heteroatoms. The lowest BCUT2D eigenvalue weighted by atomic mass is 10.1. The lowest BCUT2D eigenvalue weighted by Gasteiger charge is -2.13. The van der Waals surface area contributed by atoms with Crippen molar-refractivity contribution in [2.45, 2.75) is 0 Å². The number of halogens is 2. The molecule has 0 saturated carbocycles. The first kappa shape index (κ1) is 25.3. The minimum absolute atomic E-state index is 0.0108. The van der Waals surface area contributed by atoms with Gasteiger partial charge in [0.15, 0.2) is 0 Å². The molecule has 0 unspecified atom stereocenters. The molecule has 0 radical (unpaired) electrons. The number of nitro benzene ring substituents is 1. The van der Waals surface area contributed by atoms with Crippen molar-refractivity contribution in [2.24, 2.45) is 0 Å². The van der Waals surface area contributed by atoms with Crippen LogP contribution in [0.3, 0.4) is 0 Å². The highest BCUT2D eigenvalue weighted by Crippen LogP contribution is 2.35. The number of nitrogens with one attached hydrogen (secondary N) is 1. The Morgan fingerprint density at radius 3 is 2.64 bits per heavy atom. The fraction of sp³-hybridized carbons (Fsp3) is 0.0870. The second-order valence-electron chi connectivity index (χ2n) is 7.29. The summed E-state index contributed by atoms with van der Waals surface area (Å²) in [7, 11) is 1.46. The lowest BCUT2D eigenvalue weighted by molar-refractivity contribution is -0.384. The molecule has 1 aromatic heterocycles. The summed E-state index contributed by atoms with van der Waals surface area (Å²) in [6.45, 7) is -0.497. The van der Waals surface area contributed by atoms with Crippen LogP contribution >= 0.6 is 35.0 Å². The van der Waals surface area contributed by atoms with Crippen LogP contribution in [-0.4, -0.2) is 40.5 Å². The molecule has 2 aromatic carbocycles. The number of furan rings is 1. The second kappa shape index (κ2) is 10.4. The molecule has 3 aromatic rings. The van der Waals surface area contributed by atoms with Gasteiger partial charge in [0.1, 0.15) is 28.8 Å². The van der Waals surface area contributed by atoms with E-state index in [2.05, 4.69) is 5.32 Å². The Balaban J connectivity index is 1.46. The van der Waals surface area contributed by atoms with Crippen LogP contribution in [-0.2, 0) is 9.59 Å². The van der Waals surface area contributed by atoms with E-state index in [0.717, 1.165) is 4.90 Å². The molecule has 0 bridgehead atoms. The zero-order valence-electron chi connectivity index (χ0n) is 18.3. The van der Waals surface area contributed by atoms with E-state index in [1.54, 1.807) is 30.3 Å². The fourth-order valence-corrected chi connectivity index (χ4v) is 4.51. The Hall–Kier alpha value is -3.80. The molecule has 0 aliphatic carbocycles. The van der Waals surface area contributed by atoms with E-state index in [0.29, 0.717) is 34.5 Å². The number of ether oxygens (including phenoxy) is 1. The highest BCUT2D eigenvalue weighted by Gasteiger charge is 2.36. The van der Waals surface area contributed by atoms with Gasteiger partial charge >= 0.3 is 0 Å². The first-order valence-corrected chi connectivity index (χ1v) is 11.7. The molecular formula is C23H15Cl2N3O7S. The van der Waals surface area contributed by atoms with Gasteiger partial charge in [0, 0.05) is 23.4 Å². The number of thioether (sulfide) groups is 1. The fourth-order valence-electron chi connectivity index (χ4n) is 3.25. The van der Waals surface area contributed by atoms with Crippen LogP contribution < -0.4 is 10.1 Å². The predicted octanol–water partition coefficient (Wildman–Crippen LogP) is 5.85. The van der Waals surface area contributed by atoms with Gasteiger partial charge in [-0.1, -0.05) is 23.2 Å². The zero-order chi connectivity index (χ0) is 26.0. The summed E-state index contributed by atoms with van der Waals surface area (Å²) in [4.78, 5) is 48.9. The van der Waals surface area contributed by atoms with Crippen LogP contribution in [0.15, 0.2) is 57.9 Å². The third-order valence-corrected chi connectivity index (χ3v) is 6.46. The summed E-state index contributed by atoms with van der Waals surface area (Å²) in [5.74, 6) is -0.276. The monoisotopic (exact) mass is 547 g/mol. The summed E-state index contributed by atoms with van der Waals surface area (Å²) in [6.07, 6.45) is 1.36. The van der Waals surface area contributed by atoms with Crippen LogP contribution in [0.5, 0.6) is 5.75 Å². The number of carbonyl (C=O) groups is 3. The Morgan fingerprint density at radius 2 is 1.94 bits per heavy atom. The number of carbonyl (C=O) groups excluding carboxylic acids is 3. The first-order valence-electron chi connectivity index (χ1n) is 10.1. The number of imide groups is 1. The molecule has 1 fully saturated rings. The summed E-state index contributed by atoms with van der Waals surface area (Å²) < 4.78 is 10.7. The van der Waals surface area contributed by atoms with Gasteiger partial charge < -0.3 is 14.5 Å². The third kappa shape index (κ3) is 5.38. The van der Waals surface area contributed by atoms with E-state index >= 15 is 0 Å². The van der Waals surface area contributed by atoms with Crippen molar-refractivity contribution < 1.29 is 28.5 Å². The quantitative estimate of drug-likeness (QED) is 0.221. The second-order valence-corrected chi connectivity index (χ2v) is 9.10. The average Bonchev–Trinajstić information content (AvgIpc) is 3.39. The van der Waals surface area contributed by atoms with Crippen LogP contribution in [0.2, 0.25) is 10.0 Å². The molecule has 4 rings (SSSR count). The number of nitrogens with zero attached hydrogens (tertiary/aromatic N) is 2. The van der Waals surface area contributed by atoms with Crippen molar-refractivity contribution in [2.75, 3.05) is 19.0 Å². The Morgan fingerprint density at radius 1 is 1.17 bits per heavy atom. The number of amides is 3. The van der Waals surface area contributed by atoms with Gasteiger partial charge in [-0.15, -0.1) is 0 Å². The standard InChI is InChI=1S/C23H15Cl2N3O7S/c1-34-19-6-3-13(9-16(19)25)26-21(29)11-27-22(30)20(36-23(27)31)10-14-4-7-18(35-14)12-2-5-15(24)17(8-12)28(32)33/h2-10H,11H2,1H3,(H,26,29)/b20-10+. The largest absolute Gasteiger partial charge is 0.495 e. The van der Waals surface area contributed by atoms with Crippen LogP contribution in [0, 0.1) is 10.1 Å². The highest BCUT2D eigenvalue weighted by atomic mass is 35.5. The zero-order valence-corrected chi connectivity index (χ0v) is 20.6. The molecule has 3 amide bonds. The molecule has 184 valence electrons. The van der Waals surface area contributed by atoms with E-state index in [-0.39, 0.29) is 26.4 Å². The maximum Gasteiger partial charge on any atom is 0.294 e. The number of hydrogen-bond donors (Lipinski definition) is 1. The predicted molar refractivity (Wildman–Crippen MR) is 135 cm³/mol. The Labute approximate surface area is 217 Å². The molecular weight excluding hydrogens is 533 g/mol. The van der Waals surface area contributed by atoms with Crippen molar-refractivity contribution in [1.82, 2.24) is 4.90 Å². The third-order valence-electron chi connectivity index (χ3n) is 4.94. The highest BCUT2D eigenvalue weighted by molar-refractivity contribution is 8.18. The smallest absolute Gasteiger partial charge is 0.294 e. The molecule has 1 N–H and O–H groups in total. The average molecular weight is 548 g/mol. The van der Waals surface area contributed by atoms with Gasteiger partial charge in [-0.3, -0.25) is 29.4 Å². The number of anilines is 1. The molecule has 10 nitrogen and oxygen atoms in total. The summed E-state index contributed by atoms with van der Waals surface area (Å²) in [6, 6.07) is 11.9. The van der Waals surface area contributed by atoms with Crippen molar-refractivity contribution in [3.05, 3.63) is 79.4 Å². The molecule has 1 aliphatic heterocycles. The normalized spacial score (nSPS) is 14.4. The number of hydrogen-bond acceptors (Lipinski definition) is 8. The minimum Gasteiger partial charge on any atom is -0.495 e. The van der Waals surface area contributed by atoms with Gasteiger partial charge in [0.05, 0.1) is 22.0 Å². The van der Waals surface area contributed by atoms with E-state index in [4.69, 9.17) is 32.4 Å². The van der Waals surface area contributed by atoms with Crippen LogP contribution in [0.1, 0.15) is 5.76 Å². The van der Waals surface area contributed by atoms with Crippen molar-refractivity contribution in [3.8, 4) is 17.1 Å². The van der Waals surface area contributed by atoms with Gasteiger partial charge in [-0.25, -0.2) is 0 Å². The molecule has 1 aliphatic rings. The molecule has 36 heavy (non-hydrogen) atoms. The minimum atomic E-state index is -0.659. The number of nitro groups is 1. The maximum atomic E-state index is 12.7. The maximum absolute atomic E-state index is 12.7. The van der Waals surface area contributed by atoms with E-state index in [1.807, 2.05) is 0 Å². The molecule has 0 atom stereocenters. The summed E-state index contributed by atoms with van der Waals surface area (Å²) >= 11 is 12.5. The topological polar surface area (TPSA) is 132 Å². The van der Waals surface area contributed by atoms with E-state index < -0.39 is 28.5 Å². The molecule has 2 heterocycles. The van der Waals surface area contributed by atoms with E-state index in [1.165, 1.54) is 31.4 Å². The van der Waals surface area contributed by atoms with E-state index in [9.17, 15) is 24.5 Å². The Bertz CT molecular complexity index is 1440. The van der Waals surface area contributed by atoms with Crippen molar-refractivity contribution in [1.29, 1.82) is 0 Å². The molecule has 1 saturated heterocycles.